The number of hydrogen-bond donors (Lipinski definition) is 1. The lowest BCUT2D eigenvalue weighted by atomic mass is 10.1. The number of benzene rings is 2. The van der Waals surface area contributed by atoms with Crippen molar-refractivity contribution < 1.29 is 9.53 Å². The Balaban J connectivity index is 1.39. The van der Waals surface area contributed by atoms with Gasteiger partial charge in [-0.2, -0.15) is 0 Å². The molecule has 0 spiro atoms. The summed E-state index contributed by atoms with van der Waals surface area (Å²) in [6.07, 6.45) is 0. The van der Waals surface area contributed by atoms with Crippen LogP contribution in [0, 0.1) is 0 Å². The minimum atomic E-state index is -0.0796. The maximum absolute atomic E-state index is 12.7. The molecule has 0 saturated carbocycles. The standard InChI is InChI=1S/C22H28N4O2/c1-24-9-11-25(12-10-24)20-7-5-18(6-8-20)22(27)23-19-3-2-4-21(17-19)26-13-15-28-16-14-26/h2-8,17H,9-16H2,1H3,(H,23,27). The summed E-state index contributed by atoms with van der Waals surface area (Å²) < 4.78 is 5.42. The molecule has 2 aromatic rings. The van der Waals surface area contributed by atoms with Crippen LogP contribution in [-0.2, 0) is 4.74 Å². The summed E-state index contributed by atoms with van der Waals surface area (Å²) in [7, 11) is 2.15. The number of carbonyl (C=O) groups excluding carboxylic acids is 1. The van der Waals surface area contributed by atoms with Crippen LogP contribution < -0.4 is 15.1 Å². The molecule has 0 unspecified atom stereocenters. The number of ether oxygens (including phenoxy) is 1. The Morgan fingerprint density at radius 3 is 2.25 bits per heavy atom. The van der Waals surface area contributed by atoms with E-state index >= 15 is 0 Å². The Kier molecular flexibility index (Phi) is 5.78. The van der Waals surface area contributed by atoms with Crippen molar-refractivity contribution >= 4 is 23.0 Å². The predicted octanol–water partition coefficient (Wildman–Crippen LogP) is 2.53. The summed E-state index contributed by atoms with van der Waals surface area (Å²) in [6, 6.07) is 15.9. The number of amides is 1. The first-order valence-corrected chi connectivity index (χ1v) is 9.97. The van der Waals surface area contributed by atoms with Crippen molar-refractivity contribution in [1.29, 1.82) is 0 Å². The molecule has 0 aromatic heterocycles. The van der Waals surface area contributed by atoms with Crippen molar-refractivity contribution in [3.63, 3.8) is 0 Å². The normalized spacial score (nSPS) is 18.2. The third-order valence-corrected chi connectivity index (χ3v) is 5.48. The molecule has 2 aliphatic heterocycles. The Hall–Kier alpha value is -2.57. The molecular weight excluding hydrogens is 352 g/mol. The number of morpholine rings is 1. The maximum atomic E-state index is 12.7. The van der Waals surface area contributed by atoms with Crippen LogP contribution >= 0.6 is 0 Å². The number of nitrogens with zero attached hydrogens (tertiary/aromatic N) is 3. The Morgan fingerprint density at radius 1 is 0.857 bits per heavy atom. The summed E-state index contributed by atoms with van der Waals surface area (Å²) in [4.78, 5) is 19.7. The topological polar surface area (TPSA) is 48.0 Å². The quantitative estimate of drug-likeness (QED) is 0.883. The molecule has 2 aromatic carbocycles. The monoisotopic (exact) mass is 380 g/mol. The van der Waals surface area contributed by atoms with E-state index in [0.717, 1.165) is 63.9 Å². The van der Waals surface area contributed by atoms with Gasteiger partial charge in [-0.3, -0.25) is 4.79 Å². The summed E-state index contributed by atoms with van der Waals surface area (Å²) in [5.41, 5.74) is 3.79. The molecule has 0 atom stereocenters. The Bertz CT molecular complexity index is 794. The molecule has 1 amide bonds. The number of nitrogens with one attached hydrogen (secondary N) is 1. The van der Waals surface area contributed by atoms with Gasteiger partial charge in [0.15, 0.2) is 0 Å². The van der Waals surface area contributed by atoms with Crippen LogP contribution in [0.25, 0.3) is 0 Å². The van der Waals surface area contributed by atoms with Gasteiger partial charge in [-0.25, -0.2) is 0 Å². The van der Waals surface area contributed by atoms with E-state index in [2.05, 4.69) is 33.1 Å². The van der Waals surface area contributed by atoms with Crippen LogP contribution in [0.1, 0.15) is 10.4 Å². The summed E-state index contributed by atoms with van der Waals surface area (Å²) in [5, 5.41) is 3.03. The molecule has 28 heavy (non-hydrogen) atoms. The van der Waals surface area contributed by atoms with Crippen LogP contribution in [-0.4, -0.2) is 70.3 Å². The van der Waals surface area contributed by atoms with Gasteiger partial charge >= 0.3 is 0 Å². The number of carbonyl (C=O) groups is 1. The van der Waals surface area contributed by atoms with Crippen LogP contribution in [0.4, 0.5) is 17.1 Å². The molecule has 1 N–H and O–H groups in total. The van der Waals surface area contributed by atoms with Crippen molar-refractivity contribution in [2.45, 2.75) is 0 Å². The van der Waals surface area contributed by atoms with E-state index in [4.69, 9.17) is 4.74 Å². The largest absolute Gasteiger partial charge is 0.378 e. The van der Waals surface area contributed by atoms with Crippen molar-refractivity contribution in [1.82, 2.24) is 4.90 Å². The van der Waals surface area contributed by atoms with Gasteiger partial charge < -0.3 is 24.8 Å². The van der Waals surface area contributed by atoms with E-state index in [1.807, 2.05) is 42.5 Å². The molecule has 2 heterocycles. The van der Waals surface area contributed by atoms with Gasteiger partial charge in [0.2, 0.25) is 0 Å². The minimum absolute atomic E-state index is 0.0796. The number of hydrogen-bond acceptors (Lipinski definition) is 5. The molecule has 6 heteroatoms. The zero-order valence-corrected chi connectivity index (χ0v) is 16.4. The molecule has 2 aliphatic rings. The molecule has 6 nitrogen and oxygen atoms in total. The highest BCUT2D eigenvalue weighted by atomic mass is 16.5. The number of anilines is 3. The van der Waals surface area contributed by atoms with E-state index in [-0.39, 0.29) is 5.91 Å². The second-order valence-corrected chi connectivity index (χ2v) is 7.44. The van der Waals surface area contributed by atoms with Gasteiger partial charge in [-0.15, -0.1) is 0 Å². The van der Waals surface area contributed by atoms with E-state index in [1.165, 1.54) is 5.69 Å². The van der Waals surface area contributed by atoms with E-state index in [0.29, 0.717) is 5.56 Å². The van der Waals surface area contributed by atoms with Crippen molar-refractivity contribution in [3.05, 3.63) is 54.1 Å². The summed E-state index contributed by atoms with van der Waals surface area (Å²) in [5.74, 6) is -0.0796. The zero-order chi connectivity index (χ0) is 19.3. The molecule has 0 bridgehead atoms. The highest BCUT2D eigenvalue weighted by molar-refractivity contribution is 6.04. The van der Waals surface area contributed by atoms with Crippen LogP contribution in [0.15, 0.2) is 48.5 Å². The van der Waals surface area contributed by atoms with Crippen molar-refractivity contribution in [3.8, 4) is 0 Å². The number of rotatable bonds is 4. The lowest BCUT2D eigenvalue weighted by Crippen LogP contribution is -2.44. The van der Waals surface area contributed by atoms with Crippen molar-refractivity contribution in [2.24, 2.45) is 0 Å². The smallest absolute Gasteiger partial charge is 0.255 e. The van der Waals surface area contributed by atoms with Gasteiger partial charge in [-0.05, 0) is 49.5 Å². The van der Waals surface area contributed by atoms with Gasteiger partial charge in [0.25, 0.3) is 5.91 Å². The molecule has 2 fully saturated rings. The fraction of sp³-hybridized carbons (Fsp3) is 0.409. The number of piperazine rings is 1. The van der Waals surface area contributed by atoms with E-state index in [1.54, 1.807) is 0 Å². The van der Waals surface area contributed by atoms with Crippen LogP contribution in [0.5, 0.6) is 0 Å². The van der Waals surface area contributed by atoms with E-state index in [9.17, 15) is 4.79 Å². The lowest BCUT2D eigenvalue weighted by molar-refractivity contribution is 0.102. The Morgan fingerprint density at radius 2 is 1.54 bits per heavy atom. The molecule has 4 rings (SSSR count). The maximum Gasteiger partial charge on any atom is 0.255 e. The number of likely N-dealkylation sites (N-methyl/N-ethyl adjacent to an activating group) is 1. The fourth-order valence-corrected chi connectivity index (χ4v) is 3.69. The predicted molar refractivity (Wildman–Crippen MR) is 114 cm³/mol. The van der Waals surface area contributed by atoms with Gasteiger partial charge in [0, 0.05) is 61.9 Å². The summed E-state index contributed by atoms with van der Waals surface area (Å²) >= 11 is 0. The Labute approximate surface area is 166 Å². The SMILES string of the molecule is CN1CCN(c2ccc(C(=O)Nc3cccc(N4CCOCC4)c3)cc2)CC1. The average molecular weight is 380 g/mol. The zero-order valence-electron chi connectivity index (χ0n) is 16.4. The summed E-state index contributed by atoms with van der Waals surface area (Å²) in [6.45, 7) is 7.44. The molecule has 2 saturated heterocycles. The average Bonchev–Trinajstić information content (AvgIpc) is 2.75. The lowest BCUT2D eigenvalue weighted by Gasteiger charge is -2.34. The van der Waals surface area contributed by atoms with Crippen LogP contribution in [0.2, 0.25) is 0 Å². The van der Waals surface area contributed by atoms with Gasteiger partial charge in [-0.1, -0.05) is 6.07 Å². The molecule has 148 valence electrons. The molecule has 0 aliphatic carbocycles. The first-order valence-electron chi connectivity index (χ1n) is 9.97. The second kappa shape index (κ2) is 8.63. The third-order valence-electron chi connectivity index (χ3n) is 5.48. The van der Waals surface area contributed by atoms with Crippen LogP contribution in [0.3, 0.4) is 0 Å². The second-order valence-electron chi connectivity index (χ2n) is 7.44. The first-order chi connectivity index (χ1) is 13.7. The third kappa shape index (κ3) is 4.46. The molecule has 0 radical (unpaired) electrons. The van der Waals surface area contributed by atoms with Crippen molar-refractivity contribution in [2.75, 3.05) is 74.6 Å². The highest BCUT2D eigenvalue weighted by Crippen LogP contribution is 2.22. The van der Waals surface area contributed by atoms with Gasteiger partial charge in [0.1, 0.15) is 0 Å². The first kappa shape index (κ1) is 18.8. The minimum Gasteiger partial charge on any atom is -0.378 e. The molecular formula is C22H28N4O2. The van der Waals surface area contributed by atoms with E-state index < -0.39 is 0 Å². The highest BCUT2D eigenvalue weighted by Gasteiger charge is 2.15. The van der Waals surface area contributed by atoms with Gasteiger partial charge in [0.05, 0.1) is 13.2 Å². The fourth-order valence-electron chi connectivity index (χ4n) is 3.69.